The summed E-state index contributed by atoms with van der Waals surface area (Å²) in [7, 11) is -3.81. The zero-order chi connectivity index (χ0) is 17.2. The highest BCUT2D eigenvalue weighted by Crippen LogP contribution is 2.18. The highest BCUT2D eigenvalue weighted by Gasteiger charge is 2.15. The van der Waals surface area contributed by atoms with Crippen molar-refractivity contribution in [2.45, 2.75) is 4.90 Å². The summed E-state index contributed by atoms with van der Waals surface area (Å²) in [5.74, 6) is -1.12. The van der Waals surface area contributed by atoms with Crippen molar-refractivity contribution in [3.8, 4) is 5.69 Å². The lowest BCUT2D eigenvalue weighted by molar-refractivity contribution is 0.0696. The molecule has 0 amide bonds. The maximum Gasteiger partial charge on any atom is 0.335 e. The van der Waals surface area contributed by atoms with Crippen LogP contribution in [0.5, 0.6) is 0 Å². The number of tetrazole rings is 1. The first-order valence-corrected chi connectivity index (χ1v) is 8.14. The van der Waals surface area contributed by atoms with Gasteiger partial charge in [0.2, 0.25) is 0 Å². The minimum atomic E-state index is -3.81. The van der Waals surface area contributed by atoms with Crippen LogP contribution in [-0.2, 0) is 10.0 Å². The second-order valence-corrected chi connectivity index (χ2v) is 6.42. The van der Waals surface area contributed by atoms with Crippen LogP contribution >= 0.6 is 0 Å². The van der Waals surface area contributed by atoms with Crippen molar-refractivity contribution in [3.05, 3.63) is 60.4 Å². The number of benzene rings is 2. The Morgan fingerprint density at radius 3 is 2.25 bits per heavy atom. The van der Waals surface area contributed by atoms with Crippen LogP contribution in [0.25, 0.3) is 5.69 Å². The van der Waals surface area contributed by atoms with E-state index in [2.05, 4.69) is 20.2 Å². The molecule has 3 rings (SSSR count). The van der Waals surface area contributed by atoms with Crippen LogP contribution in [0.3, 0.4) is 0 Å². The van der Waals surface area contributed by atoms with Gasteiger partial charge in [-0.15, -0.1) is 5.10 Å². The molecule has 0 aliphatic rings. The number of aromatic carboxylic acids is 1. The van der Waals surface area contributed by atoms with Gasteiger partial charge in [0.25, 0.3) is 10.0 Å². The van der Waals surface area contributed by atoms with E-state index in [1.807, 2.05) is 0 Å². The van der Waals surface area contributed by atoms with Crippen molar-refractivity contribution in [1.29, 1.82) is 0 Å². The third-order valence-corrected chi connectivity index (χ3v) is 4.54. The zero-order valence-electron chi connectivity index (χ0n) is 12.1. The Hall–Kier alpha value is -3.27. The molecule has 0 saturated heterocycles. The number of carbonyl (C=O) groups is 1. The van der Waals surface area contributed by atoms with E-state index < -0.39 is 16.0 Å². The number of anilines is 1. The van der Waals surface area contributed by atoms with Gasteiger partial charge in [0.15, 0.2) is 0 Å². The third kappa shape index (κ3) is 3.22. The van der Waals surface area contributed by atoms with Crippen LogP contribution in [0.15, 0.2) is 59.8 Å². The Labute approximate surface area is 136 Å². The molecule has 1 heterocycles. The number of sulfonamides is 1. The molecule has 3 aromatic rings. The quantitative estimate of drug-likeness (QED) is 0.710. The summed E-state index contributed by atoms with van der Waals surface area (Å²) in [6, 6.07) is 11.4. The van der Waals surface area contributed by atoms with E-state index in [0.29, 0.717) is 11.4 Å². The van der Waals surface area contributed by atoms with Crippen LogP contribution in [0.1, 0.15) is 10.4 Å². The Balaban J connectivity index is 1.80. The molecule has 2 aromatic carbocycles. The van der Waals surface area contributed by atoms with E-state index in [4.69, 9.17) is 5.11 Å². The van der Waals surface area contributed by atoms with Crippen LogP contribution in [-0.4, -0.2) is 39.7 Å². The average Bonchev–Trinajstić information content (AvgIpc) is 3.10. The number of nitrogens with one attached hydrogen (secondary N) is 1. The van der Waals surface area contributed by atoms with Gasteiger partial charge < -0.3 is 5.11 Å². The van der Waals surface area contributed by atoms with E-state index in [1.165, 1.54) is 35.3 Å². The second-order valence-electron chi connectivity index (χ2n) is 4.74. The lowest BCUT2D eigenvalue weighted by atomic mass is 10.2. The summed E-state index contributed by atoms with van der Waals surface area (Å²) >= 11 is 0. The van der Waals surface area contributed by atoms with Crippen molar-refractivity contribution >= 4 is 21.7 Å². The minimum Gasteiger partial charge on any atom is -0.478 e. The summed E-state index contributed by atoms with van der Waals surface area (Å²) in [6.45, 7) is 0. The molecular formula is C14H11N5O4S. The second kappa shape index (κ2) is 6.08. The monoisotopic (exact) mass is 345 g/mol. The van der Waals surface area contributed by atoms with Gasteiger partial charge >= 0.3 is 5.97 Å². The largest absolute Gasteiger partial charge is 0.478 e. The first-order valence-electron chi connectivity index (χ1n) is 6.65. The smallest absolute Gasteiger partial charge is 0.335 e. The predicted octanol–water partition coefficient (Wildman–Crippen LogP) is 1.16. The van der Waals surface area contributed by atoms with E-state index >= 15 is 0 Å². The van der Waals surface area contributed by atoms with Gasteiger partial charge in [0.05, 0.1) is 16.1 Å². The van der Waals surface area contributed by atoms with Crippen molar-refractivity contribution < 1.29 is 18.3 Å². The molecule has 0 unspecified atom stereocenters. The first kappa shape index (κ1) is 15.6. The SMILES string of the molecule is O=C(O)c1ccc(S(=O)(=O)Nc2ccc(-n3cnnn3)cc2)cc1. The molecule has 0 spiro atoms. The predicted molar refractivity (Wildman–Crippen MR) is 83.4 cm³/mol. The van der Waals surface area contributed by atoms with Crippen LogP contribution < -0.4 is 4.72 Å². The Kier molecular flexibility index (Phi) is 3.96. The topological polar surface area (TPSA) is 127 Å². The van der Waals surface area contributed by atoms with E-state index in [-0.39, 0.29) is 10.5 Å². The third-order valence-electron chi connectivity index (χ3n) is 3.14. The molecule has 9 nitrogen and oxygen atoms in total. The highest BCUT2D eigenvalue weighted by molar-refractivity contribution is 7.92. The molecule has 122 valence electrons. The number of carboxylic acids is 1. The maximum absolute atomic E-state index is 12.3. The van der Waals surface area contributed by atoms with Crippen molar-refractivity contribution in [2.75, 3.05) is 4.72 Å². The number of carboxylic acid groups (broad SMARTS) is 1. The minimum absolute atomic E-state index is 0.0137. The standard InChI is InChI=1S/C14H11N5O4S/c20-14(21)10-1-7-13(8-2-10)24(22,23)16-11-3-5-12(6-4-11)19-9-15-17-18-19/h1-9,16H,(H,20,21). The Morgan fingerprint density at radius 2 is 1.71 bits per heavy atom. The molecule has 0 bridgehead atoms. The van der Waals surface area contributed by atoms with Gasteiger partial charge in [-0.1, -0.05) is 0 Å². The number of hydrogen-bond donors (Lipinski definition) is 2. The highest BCUT2D eigenvalue weighted by atomic mass is 32.2. The van der Waals surface area contributed by atoms with E-state index in [9.17, 15) is 13.2 Å². The number of rotatable bonds is 5. The molecule has 0 aliphatic carbocycles. The molecule has 0 fully saturated rings. The molecule has 24 heavy (non-hydrogen) atoms. The molecule has 0 radical (unpaired) electrons. The van der Waals surface area contributed by atoms with Crippen molar-refractivity contribution in [1.82, 2.24) is 20.2 Å². The Bertz CT molecular complexity index is 951. The molecule has 2 N–H and O–H groups in total. The average molecular weight is 345 g/mol. The Morgan fingerprint density at radius 1 is 1.04 bits per heavy atom. The summed E-state index contributed by atoms with van der Waals surface area (Å²) in [6.07, 6.45) is 1.42. The fourth-order valence-corrected chi connectivity index (χ4v) is 3.01. The fourth-order valence-electron chi connectivity index (χ4n) is 1.95. The summed E-state index contributed by atoms with van der Waals surface area (Å²) in [5, 5.41) is 19.6. The van der Waals surface area contributed by atoms with Gasteiger partial charge in [0.1, 0.15) is 6.33 Å². The van der Waals surface area contributed by atoms with Crippen molar-refractivity contribution in [2.24, 2.45) is 0 Å². The van der Waals surface area contributed by atoms with Gasteiger partial charge in [-0.3, -0.25) is 4.72 Å². The summed E-state index contributed by atoms with van der Waals surface area (Å²) in [4.78, 5) is 10.8. The number of nitrogens with zero attached hydrogens (tertiary/aromatic N) is 4. The molecular weight excluding hydrogens is 334 g/mol. The normalized spacial score (nSPS) is 11.2. The van der Waals surface area contributed by atoms with Crippen LogP contribution in [0.2, 0.25) is 0 Å². The number of aromatic nitrogens is 4. The van der Waals surface area contributed by atoms with E-state index in [1.54, 1.807) is 24.3 Å². The molecule has 10 heteroatoms. The van der Waals surface area contributed by atoms with E-state index in [0.717, 1.165) is 0 Å². The van der Waals surface area contributed by atoms with Gasteiger partial charge in [-0.05, 0) is 59.0 Å². The van der Waals surface area contributed by atoms with Gasteiger partial charge in [-0.2, -0.15) is 0 Å². The van der Waals surface area contributed by atoms with Crippen molar-refractivity contribution in [3.63, 3.8) is 0 Å². The summed E-state index contributed by atoms with van der Waals surface area (Å²) < 4.78 is 28.5. The van der Waals surface area contributed by atoms with Gasteiger partial charge in [0, 0.05) is 5.69 Å². The van der Waals surface area contributed by atoms with Crippen LogP contribution in [0, 0.1) is 0 Å². The molecule has 0 atom stereocenters. The molecule has 0 saturated carbocycles. The maximum atomic E-state index is 12.3. The lowest BCUT2D eigenvalue weighted by Gasteiger charge is -2.09. The number of hydrogen-bond acceptors (Lipinski definition) is 6. The van der Waals surface area contributed by atoms with Crippen LogP contribution in [0.4, 0.5) is 5.69 Å². The first-order chi connectivity index (χ1) is 11.5. The zero-order valence-corrected chi connectivity index (χ0v) is 12.9. The molecule has 1 aromatic heterocycles. The lowest BCUT2D eigenvalue weighted by Crippen LogP contribution is -2.13. The van der Waals surface area contributed by atoms with Gasteiger partial charge in [-0.25, -0.2) is 17.9 Å². The fraction of sp³-hybridized carbons (Fsp3) is 0. The molecule has 0 aliphatic heterocycles. The summed E-state index contributed by atoms with van der Waals surface area (Å²) in [5.41, 5.74) is 1.04.